The fourth-order valence-corrected chi connectivity index (χ4v) is 5.26. The Kier molecular flexibility index (Phi) is 6.26. The van der Waals surface area contributed by atoms with Gasteiger partial charge in [0.15, 0.2) is 5.16 Å². The van der Waals surface area contributed by atoms with Gasteiger partial charge in [0, 0.05) is 11.4 Å². The molecule has 0 atom stereocenters. The van der Waals surface area contributed by atoms with Crippen LogP contribution in [-0.4, -0.2) is 19.7 Å². The molecule has 0 aliphatic rings. The number of hydrogen-bond acceptors (Lipinski definition) is 7. The van der Waals surface area contributed by atoms with Gasteiger partial charge >= 0.3 is 0 Å². The van der Waals surface area contributed by atoms with Crippen molar-refractivity contribution in [2.45, 2.75) is 51.1 Å². The number of halogens is 1. The standard InChI is InChI=1S/C21H21ClN4O2S2/c1-4-5-10-26-20(27)17-12(2)13(3)30-19(17)23-21(26)29-11-16-24-25-18(28-16)14-8-6-7-9-15(14)22/h6-9H,4-5,10-11H2,1-3H3. The topological polar surface area (TPSA) is 73.8 Å². The van der Waals surface area contributed by atoms with E-state index in [1.807, 2.05) is 32.0 Å². The Hall–Kier alpha value is -2.16. The van der Waals surface area contributed by atoms with E-state index in [0.717, 1.165) is 33.5 Å². The lowest BCUT2D eigenvalue weighted by Crippen LogP contribution is -2.23. The van der Waals surface area contributed by atoms with Crippen LogP contribution in [0.1, 0.15) is 36.1 Å². The lowest BCUT2D eigenvalue weighted by atomic mass is 10.2. The van der Waals surface area contributed by atoms with Gasteiger partial charge in [0.25, 0.3) is 5.56 Å². The van der Waals surface area contributed by atoms with E-state index in [-0.39, 0.29) is 5.56 Å². The number of benzene rings is 1. The van der Waals surface area contributed by atoms with Crippen molar-refractivity contribution in [2.75, 3.05) is 0 Å². The van der Waals surface area contributed by atoms with Crippen LogP contribution in [0.15, 0.2) is 38.6 Å². The second-order valence-electron chi connectivity index (χ2n) is 6.94. The average molecular weight is 461 g/mol. The molecule has 0 N–H and O–H groups in total. The highest BCUT2D eigenvalue weighted by atomic mass is 35.5. The zero-order valence-electron chi connectivity index (χ0n) is 16.9. The van der Waals surface area contributed by atoms with Gasteiger partial charge in [0.05, 0.1) is 21.7 Å². The average Bonchev–Trinajstić information content (AvgIpc) is 3.31. The minimum atomic E-state index is 0.0279. The maximum absolute atomic E-state index is 13.2. The summed E-state index contributed by atoms with van der Waals surface area (Å²) in [6, 6.07) is 7.35. The van der Waals surface area contributed by atoms with Crippen molar-refractivity contribution in [3.8, 4) is 11.5 Å². The first-order valence-electron chi connectivity index (χ1n) is 9.70. The number of aromatic nitrogens is 4. The van der Waals surface area contributed by atoms with Crippen LogP contribution in [0.25, 0.3) is 21.7 Å². The van der Waals surface area contributed by atoms with Crippen LogP contribution in [0.4, 0.5) is 0 Å². The summed E-state index contributed by atoms with van der Waals surface area (Å²) in [5.41, 5.74) is 1.75. The molecule has 0 bridgehead atoms. The zero-order chi connectivity index (χ0) is 21.3. The highest BCUT2D eigenvalue weighted by Crippen LogP contribution is 2.31. The van der Waals surface area contributed by atoms with Crippen LogP contribution in [0.2, 0.25) is 5.02 Å². The zero-order valence-corrected chi connectivity index (χ0v) is 19.3. The van der Waals surface area contributed by atoms with Gasteiger partial charge in [-0.2, -0.15) is 0 Å². The molecule has 30 heavy (non-hydrogen) atoms. The molecule has 3 aromatic heterocycles. The van der Waals surface area contributed by atoms with Crippen molar-refractivity contribution < 1.29 is 4.42 Å². The molecule has 9 heteroatoms. The smallest absolute Gasteiger partial charge is 0.263 e. The van der Waals surface area contributed by atoms with E-state index in [4.69, 9.17) is 21.0 Å². The van der Waals surface area contributed by atoms with Crippen molar-refractivity contribution >= 4 is 44.9 Å². The number of fused-ring (bicyclic) bond motifs is 1. The summed E-state index contributed by atoms with van der Waals surface area (Å²) in [4.78, 5) is 19.9. The van der Waals surface area contributed by atoms with Gasteiger partial charge in [0.2, 0.25) is 11.8 Å². The lowest BCUT2D eigenvalue weighted by molar-refractivity contribution is 0.526. The molecule has 0 saturated carbocycles. The van der Waals surface area contributed by atoms with Crippen LogP contribution in [0.3, 0.4) is 0 Å². The van der Waals surface area contributed by atoms with E-state index in [1.165, 1.54) is 11.8 Å². The maximum Gasteiger partial charge on any atom is 0.263 e. The van der Waals surface area contributed by atoms with Gasteiger partial charge < -0.3 is 4.42 Å². The van der Waals surface area contributed by atoms with E-state index in [2.05, 4.69) is 17.1 Å². The fraction of sp³-hybridized carbons (Fsp3) is 0.333. The van der Waals surface area contributed by atoms with E-state index in [0.29, 0.717) is 39.8 Å². The number of thioether (sulfide) groups is 1. The van der Waals surface area contributed by atoms with Crippen molar-refractivity contribution in [1.29, 1.82) is 0 Å². The quantitative estimate of drug-likeness (QED) is 0.253. The van der Waals surface area contributed by atoms with Crippen molar-refractivity contribution in [3.63, 3.8) is 0 Å². The molecule has 0 saturated heterocycles. The Morgan fingerprint density at radius 2 is 2.03 bits per heavy atom. The summed E-state index contributed by atoms with van der Waals surface area (Å²) in [6.07, 6.45) is 1.92. The largest absolute Gasteiger partial charge is 0.420 e. The third-order valence-corrected chi connectivity index (χ3v) is 7.28. The molecule has 4 rings (SSSR count). The molecule has 4 aromatic rings. The van der Waals surface area contributed by atoms with Crippen LogP contribution in [0.5, 0.6) is 0 Å². The summed E-state index contributed by atoms with van der Waals surface area (Å²) in [6.45, 7) is 6.77. The maximum atomic E-state index is 13.2. The predicted octanol–water partition coefficient (Wildman–Crippen LogP) is 5.87. The van der Waals surface area contributed by atoms with Crippen LogP contribution in [-0.2, 0) is 12.3 Å². The predicted molar refractivity (Wildman–Crippen MR) is 123 cm³/mol. The van der Waals surface area contributed by atoms with Gasteiger partial charge in [-0.15, -0.1) is 21.5 Å². The number of unbranched alkanes of at least 4 members (excludes halogenated alkanes) is 1. The lowest BCUT2D eigenvalue weighted by Gasteiger charge is -2.11. The fourth-order valence-electron chi connectivity index (χ4n) is 3.11. The number of aryl methyl sites for hydroxylation is 2. The Labute approximate surface area is 187 Å². The molecule has 6 nitrogen and oxygen atoms in total. The summed E-state index contributed by atoms with van der Waals surface area (Å²) in [5, 5.41) is 10.2. The normalized spacial score (nSPS) is 11.5. The molecular formula is C21H21ClN4O2S2. The molecular weight excluding hydrogens is 440 g/mol. The van der Waals surface area contributed by atoms with Crippen LogP contribution in [0, 0.1) is 13.8 Å². The summed E-state index contributed by atoms with van der Waals surface area (Å²) in [7, 11) is 0. The van der Waals surface area contributed by atoms with E-state index < -0.39 is 0 Å². The molecule has 0 aliphatic carbocycles. The SMILES string of the molecule is CCCCn1c(SCc2nnc(-c3ccccc3Cl)o2)nc2sc(C)c(C)c2c1=O. The molecule has 0 unspecified atom stereocenters. The second kappa shape index (κ2) is 8.91. The Bertz CT molecular complexity index is 1260. The van der Waals surface area contributed by atoms with Crippen molar-refractivity contribution in [1.82, 2.24) is 19.7 Å². The third kappa shape index (κ3) is 4.04. The monoisotopic (exact) mass is 460 g/mol. The second-order valence-corrected chi connectivity index (χ2v) is 9.49. The molecule has 3 heterocycles. The van der Waals surface area contributed by atoms with E-state index in [1.54, 1.807) is 22.0 Å². The van der Waals surface area contributed by atoms with E-state index in [9.17, 15) is 4.79 Å². The minimum Gasteiger partial charge on any atom is -0.420 e. The minimum absolute atomic E-state index is 0.0279. The Balaban J connectivity index is 1.64. The first-order chi connectivity index (χ1) is 14.5. The van der Waals surface area contributed by atoms with Gasteiger partial charge in [-0.25, -0.2) is 4.98 Å². The van der Waals surface area contributed by atoms with Crippen LogP contribution < -0.4 is 5.56 Å². The van der Waals surface area contributed by atoms with Crippen molar-refractivity contribution in [3.05, 3.63) is 56.0 Å². The first-order valence-corrected chi connectivity index (χ1v) is 11.9. The molecule has 0 fully saturated rings. The van der Waals surface area contributed by atoms with Gasteiger partial charge in [0.1, 0.15) is 4.83 Å². The molecule has 0 spiro atoms. The first kappa shape index (κ1) is 21.1. The number of thiophene rings is 1. The summed E-state index contributed by atoms with van der Waals surface area (Å²) < 4.78 is 7.57. The Morgan fingerprint density at radius 1 is 1.23 bits per heavy atom. The molecule has 0 aliphatic heterocycles. The van der Waals surface area contributed by atoms with Crippen molar-refractivity contribution in [2.24, 2.45) is 0 Å². The summed E-state index contributed by atoms with van der Waals surface area (Å²) >= 11 is 9.22. The number of rotatable bonds is 7. The highest BCUT2D eigenvalue weighted by molar-refractivity contribution is 7.98. The number of nitrogens with zero attached hydrogens (tertiary/aromatic N) is 4. The Morgan fingerprint density at radius 3 is 2.80 bits per heavy atom. The molecule has 0 radical (unpaired) electrons. The molecule has 156 valence electrons. The molecule has 0 amide bonds. The number of hydrogen-bond donors (Lipinski definition) is 0. The highest BCUT2D eigenvalue weighted by Gasteiger charge is 2.18. The van der Waals surface area contributed by atoms with Gasteiger partial charge in [-0.3, -0.25) is 9.36 Å². The van der Waals surface area contributed by atoms with Gasteiger partial charge in [-0.05, 0) is 38.0 Å². The van der Waals surface area contributed by atoms with Gasteiger partial charge in [-0.1, -0.05) is 48.8 Å². The summed E-state index contributed by atoms with van der Waals surface area (Å²) in [5.74, 6) is 1.27. The third-order valence-electron chi connectivity index (χ3n) is 4.88. The van der Waals surface area contributed by atoms with Crippen LogP contribution >= 0.6 is 34.7 Å². The van der Waals surface area contributed by atoms with E-state index >= 15 is 0 Å². The molecule has 1 aromatic carbocycles.